The number of rotatable bonds is 7. The van der Waals surface area contributed by atoms with Gasteiger partial charge in [0.15, 0.2) is 0 Å². The molecule has 7 aromatic carbocycles. The van der Waals surface area contributed by atoms with Crippen LogP contribution in [0, 0.1) is 35.5 Å². The Balaban J connectivity index is 0.988. The van der Waals surface area contributed by atoms with E-state index in [-0.39, 0.29) is 17.3 Å². The summed E-state index contributed by atoms with van der Waals surface area (Å²) in [6.07, 6.45) is 20.1. The van der Waals surface area contributed by atoms with Crippen LogP contribution >= 0.6 is 0 Å². The zero-order chi connectivity index (χ0) is 46.8. The van der Waals surface area contributed by atoms with Crippen LogP contribution in [-0.2, 0) is 10.8 Å². The maximum Gasteiger partial charge on any atom is 0.130 e. The summed E-state index contributed by atoms with van der Waals surface area (Å²) in [4.78, 5) is 2.48. The van der Waals surface area contributed by atoms with Crippen LogP contribution < -0.4 is 9.64 Å². The Kier molecular flexibility index (Phi) is 10.1. The molecule has 4 unspecified atom stereocenters. The van der Waals surface area contributed by atoms with E-state index >= 15 is 0 Å². The first-order chi connectivity index (χ1) is 34.5. The molecule has 2 heteroatoms. The Hall–Kier alpha value is -8.04. The van der Waals surface area contributed by atoms with Gasteiger partial charge in [0.1, 0.15) is 11.5 Å². The van der Waals surface area contributed by atoms with Crippen molar-refractivity contribution in [2.45, 2.75) is 62.7 Å². The number of hydrogen-bond acceptors (Lipinski definition) is 2. The molecule has 70 heavy (non-hydrogen) atoms. The molecule has 5 aliphatic carbocycles. The Morgan fingerprint density at radius 1 is 0.571 bits per heavy atom. The van der Waals surface area contributed by atoms with Gasteiger partial charge < -0.3 is 9.64 Å². The minimum atomic E-state index is -0.596. The van der Waals surface area contributed by atoms with Crippen LogP contribution in [0.5, 0.6) is 5.75 Å². The first-order valence-electron chi connectivity index (χ1n) is 25.1. The fourth-order valence-electron chi connectivity index (χ4n) is 12.6. The third kappa shape index (κ3) is 6.66. The van der Waals surface area contributed by atoms with Crippen LogP contribution in [0.4, 0.5) is 11.4 Å². The molecule has 0 saturated carbocycles. The normalized spacial score (nSPS) is 22.0. The van der Waals surface area contributed by atoms with Gasteiger partial charge in [-0.05, 0) is 129 Å². The number of fused-ring (bicyclic) bond motifs is 9. The second-order valence-electron chi connectivity index (χ2n) is 20.0. The third-order valence-electron chi connectivity index (χ3n) is 15.9. The van der Waals surface area contributed by atoms with Crippen LogP contribution in [0.3, 0.4) is 0 Å². The summed E-state index contributed by atoms with van der Waals surface area (Å²) in [7, 11) is 0. The summed E-state index contributed by atoms with van der Waals surface area (Å²) < 4.78 is 6.67. The third-order valence-corrected chi connectivity index (χ3v) is 15.9. The lowest BCUT2D eigenvalue weighted by Crippen LogP contribution is -2.29. The molecule has 0 N–H and O–H groups in total. The topological polar surface area (TPSA) is 12.5 Å². The van der Waals surface area contributed by atoms with E-state index in [2.05, 4.69) is 249 Å². The summed E-state index contributed by atoms with van der Waals surface area (Å²) in [6.45, 7) is 4.74. The quantitative estimate of drug-likeness (QED) is 0.148. The molecule has 4 atom stereocenters. The number of ether oxygens (including phenoxy) is 1. The average Bonchev–Trinajstić information content (AvgIpc) is 3.99. The van der Waals surface area contributed by atoms with E-state index in [9.17, 15) is 0 Å². The fourth-order valence-corrected chi connectivity index (χ4v) is 12.6. The van der Waals surface area contributed by atoms with Crippen molar-refractivity contribution in [3.63, 3.8) is 0 Å². The largest absolute Gasteiger partial charge is 0.460 e. The fraction of sp³-hybridized carbons (Fsp3) is 0.176. The molecule has 1 aliphatic heterocycles. The van der Waals surface area contributed by atoms with Crippen LogP contribution in [-0.4, -0.2) is 0 Å². The highest BCUT2D eigenvalue weighted by molar-refractivity contribution is 5.90. The van der Waals surface area contributed by atoms with Crippen molar-refractivity contribution in [2.75, 3.05) is 4.90 Å². The molecule has 1 heterocycles. The molecule has 0 radical (unpaired) electrons. The smallest absolute Gasteiger partial charge is 0.130 e. The molecule has 0 spiro atoms. The number of hydrogen-bond donors (Lipinski definition) is 0. The highest BCUT2D eigenvalue weighted by atomic mass is 16.5. The van der Waals surface area contributed by atoms with Crippen LogP contribution in [0.2, 0.25) is 0 Å². The standard InChI is InChI=1S/C68H53NO/c1-67(2)61-31-16-13-26-55(61)57-42-40-52(44-63(57)67)69(51-25-12-11-22-47(36-39-51)46-20-7-4-3-5-8-21-46)53-41-43-58-56-27-14-17-32-62(56)68(64(58)45-53,49-23-9-6-10-24-49)50-37-34-48(35-38-50)54-29-19-30-60-59-28-15-18-33-65(59)70-66(54)60/h3-4,6-7,9-10,13-18,20,23-28,31-47,60H,5,12,19,29-30H2,1-2H3/b4-3-,20-7?,39-36?,51-25?. The minimum Gasteiger partial charge on any atom is -0.460 e. The van der Waals surface area contributed by atoms with E-state index in [1.165, 1.54) is 72.3 Å². The minimum absolute atomic E-state index is 0.00991. The van der Waals surface area contributed by atoms with E-state index in [0.29, 0.717) is 12.3 Å². The van der Waals surface area contributed by atoms with Gasteiger partial charge in [0.25, 0.3) is 0 Å². The Labute approximate surface area is 413 Å². The molecular formula is C68H53NO. The summed E-state index contributed by atoms with van der Waals surface area (Å²) in [5.41, 5.74) is 19.4. The summed E-state index contributed by atoms with van der Waals surface area (Å²) in [6, 6.07) is 61.7. The molecule has 0 saturated heterocycles. The Morgan fingerprint density at radius 3 is 2.03 bits per heavy atom. The number of allylic oxidation sites excluding steroid dienone is 9. The van der Waals surface area contributed by atoms with Crippen molar-refractivity contribution in [1.82, 2.24) is 0 Å². The first-order valence-corrected chi connectivity index (χ1v) is 25.1. The molecule has 2 nitrogen and oxygen atoms in total. The maximum atomic E-state index is 6.67. The number of anilines is 2. The highest BCUT2D eigenvalue weighted by Gasteiger charge is 2.47. The first kappa shape index (κ1) is 42.1. The van der Waals surface area contributed by atoms with Gasteiger partial charge in [-0.15, -0.1) is 0 Å². The second kappa shape index (κ2) is 16.9. The van der Waals surface area contributed by atoms with E-state index in [1.54, 1.807) is 0 Å². The van der Waals surface area contributed by atoms with E-state index < -0.39 is 5.41 Å². The van der Waals surface area contributed by atoms with Gasteiger partial charge in [-0.25, -0.2) is 0 Å². The zero-order valence-electron chi connectivity index (χ0n) is 39.8. The molecule has 336 valence electrons. The van der Waals surface area contributed by atoms with E-state index in [4.69, 9.17) is 4.74 Å². The van der Waals surface area contributed by atoms with E-state index in [1.807, 2.05) is 0 Å². The second-order valence-corrected chi connectivity index (χ2v) is 20.0. The van der Waals surface area contributed by atoms with Crippen molar-refractivity contribution in [3.8, 4) is 51.7 Å². The predicted molar refractivity (Wildman–Crippen MR) is 288 cm³/mol. The molecule has 13 rings (SSSR count). The van der Waals surface area contributed by atoms with Crippen molar-refractivity contribution >= 4 is 16.9 Å². The maximum absolute atomic E-state index is 6.67. The van der Waals surface area contributed by atoms with Gasteiger partial charge in [0.2, 0.25) is 0 Å². The molecule has 6 aliphatic rings. The molecule has 0 aromatic heterocycles. The molecule has 0 amide bonds. The summed E-state index contributed by atoms with van der Waals surface area (Å²) in [5.74, 6) is 16.5. The van der Waals surface area contributed by atoms with Gasteiger partial charge in [-0.3, -0.25) is 0 Å². The van der Waals surface area contributed by atoms with Crippen molar-refractivity contribution in [2.24, 2.45) is 11.8 Å². The van der Waals surface area contributed by atoms with Gasteiger partial charge >= 0.3 is 0 Å². The van der Waals surface area contributed by atoms with Crippen LogP contribution in [0.15, 0.2) is 218 Å². The molecule has 7 aromatic rings. The van der Waals surface area contributed by atoms with Gasteiger partial charge in [-0.1, -0.05) is 201 Å². The van der Waals surface area contributed by atoms with Gasteiger partial charge in [0.05, 0.1) is 17.3 Å². The van der Waals surface area contributed by atoms with Crippen molar-refractivity contribution < 1.29 is 4.74 Å². The lowest BCUT2D eigenvalue weighted by atomic mass is 9.67. The Morgan fingerprint density at radius 2 is 1.21 bits per heavy atom. The van der Waals surface area contributed by atoms with Crippen LogP contribution in [0.25, 0.3) is 27.8 Å². The van der Waals surface area contributed by atoms with Gasteiger partial charge in [0, 0.05) is 46.8 Å². The predicted octanol–water partition coefficient (Wildman–Crippen LogP) is 16.2. The monoisotopic (exact) mass is 899 g/mol. The number of nitrogens with zero attached hydrogens (tertiary/aromatic N) is 1. The lowest BCUT2D eigenvalue weighted by Gasteiger charge is -2.35. The van der Waals surface area contributed by atoms with Crippen LogP contribution in [0.1, 0.15) is 96.4 Å². The number of para-hydroxylation sites is 1. The lowest BCUT2D eigenvalue weighted by molar-refractivity contribution is 0.409. The highest BCUT2D eigenvalue weighted by Crippen LogP contribution is 2.58. The Bertz CT molecular complexity index is 3550. The summed E-state index contributed by atoms with van der Waals surface area (Å²) in [5, 5.41) is 0. The average molecular weight is 900 g/mol. The van der Waals surface area contributed by atoms with E-state index in [0.717, 1.165) is 54.3 Å². The SMILES string of the molecule is CC1(C)c2ccccc2-c2ccc(N(C3=CCC#CC(C4C#CC/C=C\C=C4)C=C3)c3ccc4c(c3)C(c3ccccc3)(c3ccc(C5=C6Oc7ccccc7C6CCC5)cc3)c3ccccc3-4)cc21. The van der Waals surface area contributed by atoms with Gasteiger partial charge in [-0.2, -0.15) is 0 Å². The summed E-state index contributed by atoms with van der Waals surface area (Å²) >= 11 is 0. The number of benzene rings is 7. The van der Waals surface area contributed by atoms with Crippen molar-refractivity contribution in [3.05, 3.63) is 262 Å². The molecule has 0 fully saturated rings. The molecule has 0 bridgehead atoms. The van der Waals surface area contributed by atoms with Crippen molar-refractivity contribution in [1.29, 1.82) is 0 Å². The molecular weight excluding hydrogens is 847 g/mol. The zero-order valence-corrected chi connectivity index (χ0v) is 39.8.